The smallest absolute Gasteiger partial charge is 0.128 e. The molecule has 3 unspecified atom stereocenters. The van der Waals surface area contributed by atoms with Crippen LogP contribution in [-0.4, -0.2) is 37.7 Å². The molecule has 0 bridgehead atoms. The highest BCUT2D eigenvalue weighted by atomic mass is 19.1. The normalized spacial score (nSPS) is 16.4. The molecule has 108 valence electrons. The number of methoxy groups -OCH3 is 1. The second-order valence-electron chi connectivity index (χ2n) is 5.01. The predicted molar refractivity (Wildman–Crippen MR) is 76.5 cm³/mol. The number of nitrogens with two attached hydrogens (primary N) is 1. The van der Waals surface area contributed by atoms with Gasteiger partial charge in [0.25, 0.3) is 0 Å². The van der Waals surface area contributed by atoms with Gasteiger partial charge < -0.3 is 10.5 Å². The Hall–Kier alpha value is -0.970. The molecule has 1 rings (SSSR count). The molecule has 0 heterocycles. The van der Waals surface area contributed by atoms with Gasteiger partial charge in [-0.15, -0.1) is 0 Å². The van der Waals surface area contributed by atoms with Crippen molar-refractivity contribution in [3.63, 3.8) is 0 Å². The highest BCUT2D eigenvalue weighted by molar-refractivity contribution is 5.23. The third-order valence-corrected chi connectivity index (χ3v) is 3.64. The number of halogens is 1. The Bertz CT molecular complexity index is 386. The van der Waals surface area contributed by atoms with E-state index in [1.807, 2.05) is 26.1 Å². The van der Waals surface area contributed by atoms with Crippen LogP contribution in [0, 0.1) is 5.82 Å². The molecule has 4 heteroatoms. The summed E-state index contributed by atoms with van der Waals surface area (Å²) >= 11 is 0. The van der Waals surface area contributed by atoms with Crippen molar-refractivity contribution in [2.24, 2.45) is 5.73 Å². The van der Waals surface area contributed by atoms with E-state index in [9.17, 15) is 4.39 Å². The summed E-state index contributed by atoms with van der Waals surface area (Å²) in [4.78, 5) is 2.09. The quantitative estimate of drug-likeness (QED) is 0.826. The Morgan fingerprint density at radius 1 is 1.37 bits per heavy atom. The van der Waals surface area contributed by atoms with Crippen molar-refractivity contribution in [2.45, 2.75) is 38.4 Å². The zero-order chi connectivity index (χ0) is 14.4. The topological polar surface area (TPSA) is 38.5 Å². The van der Waals surface area contributed by atoms with E-state index in [2.05, 4.69) is 11.8 Å². The molecule has 0 aliphatic carbocycles. The summed E-state index contributed by atoms with van der Waals surface area (Å²) in [7, 11) is 3.64. The first-order valence-electron chi connectivity index (χ1n) is 6.73. The lowest BCUT2D eigenvalue weighted by atomic mass is 9.95. The molecule has 0 amide bonds. The van der Waals surface area contributed by atoms with E-state index >= 15 is 0 Å². The largest absolute Gasteiger partial charge is 0.383 e. The summed E-state index contributed by atoms with van der Waals surface area (Å²) < 4.78 is 19.2. The number of nitrogens with zero attached hydrogens (tertiary/aromatic N) is 1. The van der Waals surface area contributed by atoms with Crippen LogP contribution in [0.2, 0.25) is 0 Å². The van der Waals surface area contributed by atoms with Gasteiger partial charge in [0.05, 0.1) is 12.6 Å². The zero-order valence-electron chi connectivity index (χ0n) is 12.3. The maximum atomic E-state index is 14.0. The van der Waals surface area contributed by atoms with Gasteiger partial charge in [-0.05, 0) is 26.5 Å². The van der Waals surface area contributed by atoms with Crippen LogP contribution >= 0.6 is 0 Å². The molecule has 0 saturated heterocycles. The summed E-state index contributed by atoms with van der Waals surface area (Å²) in [6.07, 6.45) is 0.795. The molecule has 0 aliphatic rings. The van der Waals surface area contributed by atoms with E-state index < -0.39 is 0 Å². The Kier molecular flexibility index (Phi) is 6.42. The minimum atomic E-state index is -0.201. The van der Waals surface area contributed by atoms with Gasteiger partial charge in [-0.25, -0.2) is 4.39 Å². The number of hydrogen-bond donors (Lipinski definition) is 1. The number of benzene rings is 1. The van der Waals surface area contributed by atoms with Crippen molar-refractivity contribution < 1.29 is 9.13 Å². The first kappa shape index (κ1) is 16.1. The van der Waals surface area contributed by atoms with Crippen molar-refractivity contribution >= 4 is 0 Å². The van der Waals surface area contributed by atoms with Crippen LogP contribution in [0.1, 0.15) is 31.9 Å². The van der Waals surface area contributed by atoms with Crippen LogP contribution in [0.4, 0.5) is 4.39 Å². The van der Waals surface area contributed by atoms with Gasteiger partial charge in [-0.1, -0.05) is 25.1 Å². The van der Waals surface area contributed by atoms with Gasteiger partial charge in [0.2, 0.25) is 0 Å². The molecule has 3 nitrogen and oxygen atoms in total. The van der Waals surface area contributed by atoms with Crippen molar-refractivity contribution in [3.8, 4) is 0 Å². The molecule has 0 aromatic heterocycles. The average Bonchev–Trinajstić information content (AvgIpc) is 2.41. The van der Waals surface area contributed by atoms with Gasteiger partial charge in [0, 0.05) is 24.8 Å². The summed E-state index contributed by atoms with van der Waals surface area (Å²) in [6, 6.07) is 6.77. The number of likely N-dealkylation sites (N-methyl/N-ethyl adjacent to an activating group) is 1. The molecule has 1 aromatic rings. The first-order chi connectivity index (χ1) is 9.02. The maximum absolute atomic E-state index is 14.0. The standard InChI is InChI=1S/C15H25FN2O/c1-5-14(17)15(18(3)11(2)10-19-4)12-8-6-7-9-13(12)16/h6-9,11,14-15H,5,10,17H2,1-4H3. The molecule has 1 aromatic carbocycles. The number of hydrogen-bond acceptors (Lipinski definition) is 3. The summed E-state index contributed by atoms with van der Waals surface area (Å²) in [5.74, 6) is -0.201. The van der Waals surface area contributed by atoms with Crippen molar-refractivity contribution in [3.05, 3.63) is 35.6 Å². The van der Waals surface area contributed by atoms with Gasteiger partial charge in [0.1, 0.15) is 5.82 Å². The molecule has 0 saturated carbocycles. The molecule has 0 radical (unpaired) electrons. The third-order valence-electron chi connectivity index (χ3n) is 3.64. The van der Waals surface area contributed by atoms with Crippen LogP contribution < -0.4 is 5.73 Å². The second kappa shape index (κ2) is 7.58. The number of ether oxygens (including phenoxy) is 1. The highest BCUT2D eigenvalue weighted by Gasteiger charge is 2.28. The summed E-state index contributed by atoms with van der Waals surface area (Å²) in [5.41, 5.74) is 6.86. The molecule has 0 fully saturated rings. The molecular weight excluding hydrogens is 243 g/mol. The van der Waals surface area contributed by atoms with Crippen LogP contribution in [0.15, 0.2) is 24.3 Å². The van der Waals surface area contributed by atoms with E-state index in [1.54, 1.807) is 13.2 Å². The summed E-state index contributed by atoms with van der Waals surface area (Å²) in [5, 5.41) is 0. The minimum absolute atomic E-state index is 0.110. The molecule has 3 atom stereocenters. The minimum Gasteiger partial charge on any atom is -0.383 e. The average molecular weight is 268 g/mol. The first-order valence-corrected chi connectivity index (χ1v) is 6.73. The Labute approximate surface area is 115 Å². The maximum Gasteiger partial charge on any atom is 0.128 e. The van der Waals surface area contributed by atoms with Crippen LogP contribution in [0.5, 0.6) is 0 Å². The van der Waals surface area contributed by atoms with Gasteiger partial charge in [-0.2, -0.15) is 0 Å². The van der Waals surface area contributed by atoms with Crippen LogP contribution in [-0.2, 0) is 4.74 Å². The van der Waals surface area contributed by atoms with Crippen LogP contribution in [0.3, 0.4) is 0 Å². The van der Waals surface area contributed by atoms with E-state index in [-0.39, 0.29) is 23.9 Å². The van der Waals surface area contributed by atoms with Crippen LogP contribution in [0.25, 0.3) is 0 Å². The highest BCUT2D eigenvalue weighted by Crippen LogP contribution is 2.27. The zero-order valence-corrected chi connectivity index (χ0v) is 12.3. The van der Waals surface area contributed by atoms with Gasteiger partial charge in [-0.3, -0.25) is 4.90 Å². The van der Waals surface area contributed by atoms with Crippen molar-refractivity contribution in [2.75, 3.05) is 20.8 Å². The van der Waals surface area contributed by atoms with Crippen molar-refractivity contribution in [1.29, 1.82) is 0 Å². The molecular formula is C15H25FN2O. The third kappa shape index (κ3) is 4.00. The molecule has 0 spiro atoms. The van der Waals surface area contributed by atoms with Crippen molar-refractivity contribution in [1.82, 2.24) is 4.90 Å². The SMILES string of the molecule is CCC(N)C(c1ccccc1F)N(C)C(C)COC. The van der Waals surface area contributed by atoms with Gasteiger partial charge in [0.15, 0.2) is 0 Å². The second-order valence-corrected chi connectivity index (χ2v) is 5.01. The van der Waals surface area contributed by atoms with E-state index in [0.29, 0.717) is 12.2 Å². The van der Waals surface area contributed by atoms with Gasteiger partial charge >= 0.3 is 0 Å². The molecule has 2 N–H and O–H groups in total. The Morgan fingerprint density at radius 3 is 2.53 bits per heavy atom. The fourth-order valence-electron chi connectivity index (χ4n) is 2.32. The lowest BCUT2D eigenvalue weighted by Gasteiger charge is -2.36. The lowest BCUT2D eigenvalue weighted by Crippen LogP contribution is -2.44. The lowest BCUT2D eigenvalue weighted by molar-refractivity contribution is 0.0781. The molecule has 19 heavy (non-hydrogen) atoms. The van der Waals surface area contributed by atoms with E-state index in [1.165, 1.54) is 6.07 Å². The Balaban J connectivity index is 3.05. The fraction of sp³-hybridized carbons (Fsp3) is 0.600. The number of rotatable bonds is 7. The van der Waals surface area contributed by atoms with E-state index in [4.69, 9.17) is 10.5 Å². The monoisotopic (exact) mass is 268 g/mol. The predicted octanol–water partition coefficient (Wildman–Crippen LogP) is 2.57. The fourth-order valence-corrected chi connectivity index (χ4v) is 2.32. The Morgan fingerprint density at radius 2 is 2.00 bits per heavy atom. The summed E-state index contributed by atoms with van der Waals surface area (Å²) in [6.45, 7) is 4.67. The van der Waals surface area contributed by atoms with E-state index in [0.717, 1.165) is 6.42 Å². The molecule has 0 aliphatic heterocycles.